The molecular formula is C17H20ClN3O3. The van der Waals surface area contributed by atoms with Crippen LogP contribution in [0.15, 0.2) is 36.5 Å². The van der Waals surface area contributed by atoms with E-state index < -0.39 is 5.91 Å². The molecule has 24 heavy (non-hydrogen) atoms. The number of nitrogens with two attached hydrogens (primary N) is 1. The average Bonchev–Trinajstić information content (AvgIpc) is 2.58. The number of carbonyl (C=O) groups excluding carboxylic acids is 1. The number of hydrogen-bond donors (Lipinski definition) is 2. The minimum Gasteiger partial charge on any atom is -0.493 e. The molecule has 0 bridgehead atoms. The van der Waals surface area contributed by atoms with Gasteiger partial charge in [0.2, 0.25) is 0 Å². The molecule has 7 heteroatoms. The van der Waals surface area contributed by atoms with Crippen LogP contribution in [-0.2, 0) is 17.8 Å². The first-order chi connectivity index (χ1) is 11.6. The summed E-state index contributed by atoms with van der Waals surface area (Å²) in [4.78, 5) is 15.1. The Bertz CT molecular complexity index is 680. The number of methoxy groups -OCH3 is 1. The Labute approximate surface area is 145 Å². The molecule has 128 valence electrons. The van der Waals surface area contributed by atoms with Crippen LogP contribution >= 0.6 is 11.6 Å². The van der Waals surface area contributed by atoms with Gasteiger partial charge in [0.15, 0.2) is 18.1 Å². The molecule has 0 fully saturated rings. The van der Waals surface area contributed by atoms with Gasteiger partial charge < -0.3 is 20.5 Å². The smallest absolute Gasteiger partial charge is 0.255 e. The van der Waals surface area contributed by atoms with Crippen molar-refractivity contribution in [3.63, 3.8) is 0 Å². The number of nitrogens with one attached hydrogen (secondary N) is 1. The van der Waals surface area contributed by atoms with Gasteiger partial charge in [0.25, 0.3) is 5.91 Å². The van der Waals surface area contributed by atoms with Crippen LogP contribution in [0, 0.1) is 0 Å². The summed E-state index contributed by atoms with van der Waals surface area (Å²) in [7, 11) is 1.51. The summed E-state index contributed by atoms with van der Waals surface area (Å²) in [5, 5.41) is 3.70. The number of nitrogens with zero attached hydrogens (tertiary/aromatic N) is 1. The molecule has 0 saturated carbocycles. The second-order valence-electron chi connectivity index (χ2n) is 5.11. The van der Waals surface area contributed by atoms with Gasteiger partial charge in [0.05, 0.1) is 12.1 Å². The maximum Gasteiger partial charge on any atom is 0.255 e. The van der Waals surface area contributed by atoms with Gasteiger partial charge in [-0.25, -0.2) is 0 Å². The molecule has 6 nitrogen and oxygen atoms in total. The van der Waals surface area contributed by atoms with Gasteiger partial charge in [-0.1, -0.05) is 17.7 Å². The van der Waals surface area contributed by atoms with Crippen LogP contribution in [0.4, 0.5) is 0 Å². The normalized spacial score (nSPS) is 10.4. The SMILES string of the molecule is COc1cc(CNCCc2ccccn2)cc(Cl)c1OCC(N)=O. The molecular weight excluding hydrogens is 330 g/mol. The lowest BCUT2D eigenvalue weighted by atomic mass is 10.2. The average molecular weight is 350 g/mol. The Hall–Kier alpha value is -2.31. The number of ether oxygens (including phenoxy) is 2. The van der Waals surface area contributed by atoms with Crippen molar-refractivity contribution >= 4 is 17.5 Å². The lowest BCUT2D eigenvalue weighted by Crippen LogP contribution is -2.20. The van der Waals surface area contributed by atoms with Crippen LogP contribution in [0.25, 0.3) is 0 Å². The molecule has 0 radical (unpaired) electrons. The summed E-state index contributed by atoms with van der Waals surface area (Å²) in [6.45, 7) is 1.16. The minimum atomic E-state index is -0.576. The summed E-state index contributed by atoms with van der Waals surface area (Å²) in [5.41, 5.74) is 7.06. The molecule has 0 aliphatic rings. The molecule has 1 aromatic carbocycles. The highest BCUT2D eigenvalue weighted by Gasteiger charge is 2.13. The number of primary amides is 1. The van der Waals surface area contributed by atoms with E-state index in [-0.39, 0.29) is 6.61 Å². The summed E-state index contributed by atoms with van der Waals surface area (Å²) >= 11 is 6.21. The quantitative estimate of drug-likeness (QED) is 0.676. The van der Waals surface area contributed by atoms with Crippen LogP contribution in [0.1, 0.15) is 11.3 Å². The number of rotatable bonds is 9. The highest BCUT2D eigenvalue weighted by molar-refractivity contribution is 6.32. The van der Waals surface area contributed by atoms with Gasteiger partial charge in [-0.2, -0.15) is 0 Å². The van der Waals surface area contributed by atoms with E-state index in [1.54, 1.807) is 12.3 Å². The third kappa shape index (κ3) is 5.40. The van der Waals surface area contributed by atoms with Crippen LogP contribution < -0.4 is 20.5 Å². The van der Waals surface area contributed by atoms with Gasteiger partial charge in [-0.05, 0) is 29.8 Å². The number of pyridine rings is 1. The molecule has 0 spiro atoms. The van der Waals surface area contributed by atoms with E-state index >= 15 is 0 Å². The largest absolute Gasteiger partial charge is 0.493 e. The Morgan fingerprint density at radius 2 is 2.21 bits per heavy atom. The van der Waals surface area contributed by atoms with Gasteiger partial charge in [-0.15, -0.1) is 0 Å². The molecule has 0 saturated heterocycles. The van der Waals surface area contributed by atoms with Gasteiger partial charge in [0.1, 0.15) is 0 Å². The molecule has 0 atom stereocenters. The van der Waals surface area contributed by atoms with Crippen molar-refractivity contribution in [2.45, 2.75) is 13.0 Å². The Kier molecular flexibility index (Phi) is 6.84. The Morgan fingerprint density at radius 1 is 1.38 bits per heavy atom. The third-order valence-corrected chi connectivity index (χ3v) is 3.54. The number of hydrogen-bond acceptors (Lipinski definition) is 5. The maximum absolute atomic E-state index is 10.8. The van der Waals surface area contributed by atoms with E-state index in [0.29, 0.717) is 23.1 Å². The van der Waals surface area contributed by atoms with Crippen molar-refractivity contribution in [2.24, 2.45) is 5.73 Å². The molecule has 1 amide bonds. The summed E-state index contributed by atoms with van der Waals surface area (Å²) in [6, 6.07) is 9.45. The first-order valence-corrected chi connectivity index (χ1v) is 7.86. The number of halogens is 1. The van der Waals surface area contributed by atoms with Crippen molar-refractivity contribution in [3.05, 3.63) is 52.8 Å². The fourth-order valence-electron chi connectivity index (χ4n) is 2.15. The van der Waals surface area contributed by atoms with Gasteiger partial charge in [0, 0.05) is 31.4 Å². The van der Waals surface area contributed by atoms with Crippen LogP contribution in [0.3, 0.4) is 0 Å². The standard InChI is InChI=1S/C17H20ClN3O3/c1-23-15-9-12(8-14(18)17(15)24-11-16(19)22)10-20-7-5-13-4-2-3-6-21-13/h2-4,6,8-9,20H,5,7,10-11H2,1H3,(H2,19,22). The summed E-state index contributed by atoms with van der Waals surface area (Å²) in [6.07, 6.45) is 2.62. The first kappa shape index (κ1) is 18.0. The number of carbonyl (C=O) groups is 1. The van der Waals surface area contributed by atoms with E-state index in [0.717, 1.165) is 24.2 Å². The van der Waals surface area contributed by atoms with Crippen LogP contribution in [0.2, 0.25) is 5.02 Å². The van der Waals surface area contributed by atoms with Crippen molar-refractivity contribution in [2.75, 3.05) is 20.3 Å². The van der Waals surface area contributed by atoms with Crippen molar-refractivity contribution in [1.29, 1.82) is 0 Å². The summed E-state index contributed by atoms with van der Waals surface area (Å²) in [5.74, 6) is 0.203. The van der Waals surface area contributed by atoms with E-state index in [9.17, 15) is 4.79 Å². The highest BCUT2D eigenvalue weighted by Crippen LogP contribution is 2.36. The van der Waals surface area contributed by atoms with Crippen molar-refractivity contribution in [1.82, 2.24) is 10.3 Å². The molecule has 2 rings (SSSR count). The molecule has 3 N–H and O–H groups in total. The van der Waals surface area contributed by atoms with Gasteiger partial charge in [-0.3, -0.25) is 9.78 Å². The fraction of sp³-hybridized carbons (Fsp3) is 0.294. The van der Waals surface area contributed by atoms with Crippen LogP contribution in [0.5, 0.6) is 11.5 Å². The molecule has 2 aromatic rings. The van der Waals surface area contributed by atoms with Crippen LogP contribution in [-0.4, -0.2) is 31.2 Å². The zero-order valence-electron chi connectivity index (χ0n) is 13.4. The monoisotopic (exact) mass is 349 g/mol. The molecule has 1 aromatic heterocycles. The van der Waals surface area contributed by atoms with E-state index in [2.05, 4.69) is 10.3 Å². The van der Waals surface area contributed by atoms with E-state index in [4.69, 9.17) is 26.8 Å². The second-order valence-corrected chi connectivity index (χ2v) is 5.52. The summed E-state index contributed by atoms with van der Waals surface area (Å²) < 4.78 is 10.6. The number of amides is 1. The molecule has 1 heterocycles. The Balaban J connectivity index is 1.93. The minimum absolute atomic E-state index is 0.252. The lowest BCUT2D eigenvalue weighted by molar-refractivity contribution is -0.119. The number of aromatic nitrogens is 1. The number of benzene rings is 1. The maximum atomic E-state index is 10.8. The predicted octanol–water partition coefficient (Wildman–Crippen LogP) is 1.94. The van der Waals surface area contributed by atoms with Crippen molar-refractivity contribution < 1.29 is 14.3 Å². The predicted molar refractivity (Wildman–Crippen MR) is 92.3 cm³/mol. The topological polar surface area (TPSA) is 86.5 Å². The molecule has 0 aliphatic heterocycles. The lowest BCUT2D eigenvalue weighted by Gasteiger charge is -2.13. The molecule has 0 unspecified atom stereocenters. The molecule has 0 aliphatic carbocycles. The zero-order chi connectivity index (χ0) is 17.4. The highest BCUT2D eigenvalue weighted by atomic mass is 35.5. The first-order valence-electron chi connectivity index (χ1n) is 7.48. The van der Waals surface area contributed by atoms with E-state index in [1.807, 2.05) is 24.3 Å². The fourth-order valence-corrected chi connectivity index (χ4v) is 2.44. The van der Waals surface area contributed by atoms with E-state index in [1.165, 1.54) is 7.11 Å². The second kappa shape index (κ2) is 9.10. The van der Waals surface area contributed by atoms with Crippen molar-refractivity contribution in [3.8, 4) is 11.5 Å². The zero-order valence-corrected chi connectivity index (χ0v) is 14.2. The Morgan fingerprint density at radius 3 is 2.88 bits per heavy atom. The third-order valence-electron chi connectivity index (χ3n) is 3.26. The van der Waals surface area contributed by atoms with Gasteiger partial charge >= 0.3 is 0 Å².